The maximum atomic E-state index is 6.06. The fourth-order valence-corrected chi connectivity index (χ4v) is 2.10. The van der Waals surface area contributed by atoms with Gasteiger partial charge < -0.3 is 5.73 Å². The zero-order chi connectivity index (χ0) is 13.8. The van der Waals surface area contributed by atoms with Crippen LogP contribution < -0.4 is 5.73 Å². The van der Waals surface area contributed by atoms with Crippen molar-refractivity contribution in [3.63, 3.8) is 0 Å². The molecule has 0 bridgehead atoms. The summed E-state index contributed by atoms with van der Waals surface area (Å²) in [5, 5.41) is 0. The molecule has 2 N–H and O–H groups in total. The van der Waals surface area contributed by atoms with Gasteiger partial charge in [-0.1, -0.05) is 60.7 Å². The van der Waals surface area contributed by atoms with Crippen LogP contribution in [0.1, 0.15) is 11.1 Å². The molecule has 0 amide bonds. The van der Waals surface area contributed by atoms with Gasteiger partial charge in [0.2, 0.25) is 0 Å². The van der Waals surface area contributed by atoms with Crippen molar-refractivity contribution in [3.05, 3.63) is 78.0 Å². The van der Waals surface area contributed by atoms with Gasteiger partial charge >= 0.3 is 0 Å². The molecule has 20 heavy (non-hydrogen) atoms. The summed E-state index contributed by atoms with van der Waals surface area (Å²) in [6.07, 6.45) is 2.57. The second kappa shape index (κ2) is 5.53. The van der Waals surface area contributed by atoms with Crippen molar-refractivity contribution < 1.29 is 0 Å². The molecule has 0 spiro atoms. The minimum absolute atomic E-state index is 0.544. The lowest BCUT2D eigenvalue weighted by atomic mass is 10.1. The topological polar surface area (TPSA) is 51.8 Å². The highest BCUT2D eigenvalue weighted by molar-refractivity contribution is 5.57. The molecule has 0 fully saturated rings. The molecule has 1 heterocycles. The lowest BCUT2D eigenvalue weighted by Crippen LogP contribution is -2.02. The van der Waals surface area contributed by atoms with Gasteiger partial charge in [-0.25, -0.2) is 9.97 Å². The zero-order valence-electron chi connectivity index (χ0n) is 11.0. The van der Waals surface area contributed by atoms with Gasteiger partial charge in [0.05, 0.1) is 0 Å². The van der Waals surface area contributed by atoms with E-state index < -0.39 is 0 Å². The van der Waals surface area contributed by atoms with E-state index in [4.69, 9.17) is 5.73 Å². The molecule has 3 rings (SSSR count). The number of hydrogen-bond donors (Lipinski definition) is 1. The Balaban J connectivity index is 1.89. The molecule has 0 aliphatic rings. The molecule has 0 radical (unpaired) electrons. The SMILES string of the molecule is Nc1nc(-c2ccccc2)ncc1Cc1ccccc1. The first-order chi connectivity index (χ1) is 9.83. The molecule has 0 aliphatic carbocycles. The van der Waals surface area contributed by atoms with E-state index in [0.29, 0.717) is 11.6 Å². The number of nitrogen functional groups attached to an aromatic ring is 1. The van der Waals surface area contributed by atoms with Crippen LogP contribution in [0, 0.1) is 0 Å². The minimum atomic E-state index is 0.544. The molecule has 2 aromatic carbocycles. The second-order valence-electron chi connectivity index (χ2n) is 4.63. The average Bonchev–Trinajstić information content (AvgIpc) is 2.51. The molecule has 0 aliphatic heterocycles. The monoisotopic (exact) mass is 261 g/mol. The van der Waals surface area contributed by atoms with Gasteiger partial charge in [-0.2, -0.15) is 0 Å². The molecule has 0 atom stereocenters. The number of hydrogen-bond acceptors (Lipinski definition) is 3. The van der Waals surface area contributed by atoms with Crippen LogP contribution >= 0.6 is 0 Å². The van der Waals surface area contributed by atoms with Crippen LogP contribution in [0.3, 0.4) is 0 Å². The van der Waals surface area contributed by atoms with Crippen LogP contribution in [0.5, 0.6) is 0 Å². The number of rotatable bonds is 3. The highest BCUT2D eigenvalue weighted by atomic mass is 14.9. The predicted molar refractivity (Wildman–Crippen MR) is 81.1 cm³/mol. The largest absolute Gasteiger partial charge is 0.383 e. The first-order valence-corrected chi connectivity index (χ1v) is 6.53. The summed E-state index contributed by atoms with van der Waals surface area (Å²) in [7, 11) is 0. The number of anilines is 1. The van der Waals surface area contributed by atoms with E-state index in [1.807, 2.05) is 54.7 Å². The summed E-state index contributed by atoms with van der Waals surface area (Å²) < 4.78 is 0. The lowest BCUT2D eigenvalue weighted by molar-refractivity contribution is 1.09. The molecule has 0 saturated carbocycles. The molecular formula is C17H15N3. The van der Waals surface area contributed by atoms with Crippen LogP contribution in [0.15, 0.2) is 66.9 Å². The van der Waals surface area contributed by atoms with Crippen molar-refractivity contribution in [2.75, 3.05) is 5.73 Å². The molecule has 0 saturated heterocycles. The molecular weight excluding hydrogens is 246 g/mol. The minimum Gasteiger partial charge on any atom is -0.383 e. The predicted octanol–water partition coefficient (Wildman–Crippen LogP) is 3.32. The van der Waals surface area contributed by atoms with Crippen molar-refractivity contribution in [2.45, 2.75) is 6.42 Å². The number of nitrogens with zero attached hydrogens (tertiary/aromatic N) is 2. The van der Waals surface area contributed by atoms with Gasteiger partial charge in [0.15, 0.2) is 5.82 Å². The molecule has 98 valence electrons. The van der Waals surface area contributed by atoms with Crippen molar-refractivity contribution in [1.82, 2.24) is 9.97 Å². The molecule has 3 heteroatoms. The van der Waals surface area contributed by atoms with Crippen LogP contribution in [-0.2, 0) is 6.42 Å². The van der Waals surface area contributed by atoms with E-state index in [-0.39, 0.29) is 0 Å². The van der Waals surface area contributed by atoms with E-state index >= 15 is 0 Å². The highest BCUT2D eigenvalue weighted by Gasteiger charge is 2.06. The number of benzene rings is 2. The van der Waals surface area contributed by atoms with Crippen molar-refractivity contribution in [1.29, 1.82) is 0 Å². The zero-order valence-corrected chi connectivity index (χ0v) is 11.0. The maximum absolute atomic E-state index is 6.06. The smallest absolute Gasteiger partial charge is 0.161 e. The van der Waals surface area contributed by atoms with E-state index in [0.717, 1.165) is 17.5 Å². The molecule has 0 unspecified atom stereocenters. The summed E-state index contributed by atoms with van der Waals surface area (Å²) in [5.41, 5.74) is 9.19. The Morgan fingerprint density at radius 3 is 2.15 bits per heavy atom. The van der Waals surface area contributed by atoms with E-state index in [1.165, 1.54) is 5.56 Å². The third kappa shape index (κ3) is 2.67. The first-order valence-electron chi connectivity index (χ1n) is 6.53. The Labute approximate surface area is 118 Å². The summed E-state index contributed by atoms with van der Waals surface area (Å²) >= 11 is 0. The average molecular weight is 261 g/mol. The first kappa shape index (κ1) is 12.4. The van der Waals surface area contributed by atoms with Crippen LogP contribution in [-0.4, -0.2) is 9.97 Å². The third-order valence-electron chi connectivity index (χ3n) is 3.17. The summed E-state index contributed by atoms with van der Waals surface area (Å²) in [4.78, 5) is 8.82. The fourth-order valence-electron chi connectivity index (χ4n) is 2.10. The van der Waals surface area contributed by atoms with Gasteiger partial charge in [0.1, 0.15) is 5.82 Å². The quantitative estimate of drug-likeness (QED) is 0.787. The normalized spacial score (nSPS) is 10.4. The number of nitrogens with two attached hydrogens (primary N) is 1. The van der Waals surface area contributed by atoms with Gasteiger partial charge in [0, 0.05) is 23.7 Å². The van der Waals surface area contributed by atoms with Crippen LogP contribution in [0.4, 0.5) is 5.82 Å². The van der Waals surface area contributed by atoms with Gasteiger partial charge in [-0.15, -0.1) is 0 Å². The van der Waals surface area contributed by atoms with Gasteiger partial charge in [0.25, 0.3) is 0 Å². The standard InChI is InChI=1S/C17H15N3/c18-16-15(11-13-7-3-1-4-8-13)12-19-17(20-16)14-9-5-2-6-10-14/h1-10,12H,11H2,(H2,18,19,20). The van der Waals surface area contributed by atoms with Crippen molar-refractivity contribution >= 4 is 5.82 Å². The Kier molecular flexibility index (Phi) is 3.42. The van der Waals surface area contributed by atoms with Gasteiger partial charge in [-0.3, -0.25) is 0 Å². The van der Waals surface area contributed by atoms with E-state index in [2.05, 4.69) is 22.1 Å². The fraction of sp³-hybridized carbons (Fsp3) is 0.0588. The maximum Gasteiger partial charge on any atom is 0.161 e. The van der Waals surface area contributed by atoms with Crippen molar-refractivity contribution in [2.24, 2.45) is 0 Å². The molecule has 3 aromatic rings. The molecule has 3 nitrogen and oxygen atoms in total. The van der Waals surface area contributed by atoms with Crippen LogP contribution in [0.25, 0.3) is 11.4 Å². The second-order valence-corrected chi connectivity index (χ2v) is 4.63. The lowest BCUT2D eigenvalue weighted by Gasteiger charge is -2.07. The Hall–Kier alpha value is -2.68. The molecule has 1 aromatic heterocycles. The highest BCUT2D eigenvalue weighted by Crippen LogP contribution is 2.19. The summed E-state index contributed by atoms with van der Waals surface area (Å²) in [6, 6.07) is 20.0. The van der Waals surface area contributed by atoms with Crippen molar-refractivity contribution in [3.8, 4) is 11.4 Å². The Morgan fingerprint density at radius 1 is 0.850 bits per heavy atom. The van der Waals surface area contributed by atoms with E-state index in [9.17, 15) is 0 Å². The summed E-state index contributed by atoms with van der Waals surface area (Å²) in [5.74, 6) is 1.21. The third-order valence-corrected chi connectivity index (χ3v) is 3.17. The van der Waals surface area contributed by atoms with Gasteiger partial charge in [-0.05, 0) is 5.56 Å². The van der Waals surface area contributed by atoms with E-state index in [1.54, 1.807) is 0 Å². The summed E-state index contributed by atoms with van der Waals surface area (Å²) in [6.45, 7) is 0. The Morgan fingerprint density at radius 2 is 1.50 bits per heavy atom. The number of aromatic nitrogens is 2. The van der Waals surface area contributed by atoms with Crippen LogP contribution in [0.2, 0.25) is 0 Å². The Bertz CT molecular complexity index is 694.